The molecule has 0 aliphatic carbocycles. The van der Waals surface area contributed by atoms with Crippen LogP contribution in [0.3, 0.4) is 0 Å². The molecule has 38 heavy (non-hydrogen) atoms. The van der Waals surface area contributed by atoms with Gasteiger partial charge in [0.2, 0.25) is 21.8 Å². The van der Waals surface area contributed by atoms with Gasteiger partial charge in [-0.2, -0.15) is 0 Å². The van der Waals surface area contributed by atoms with Crippen LogP contribution in [0.4, 0.5) is 5.69 Å². The number of para-hydroxylation sites is 2. The van der Waals surface area contributed by atoms with Crippen molar-refractivity contribution in [1.29, 1.82) is 0 Å². The van der Waals surface area contributed by atoms with E-state index in [4.69, 9.17) is 16.3 Å². The van der Waals surface area contributed by atoms with Crippen LogP contribution in [0.1, 0.15) is 52.5 Å². The summed E-state index contributed by atoms with van der Waals surface area (Å²) in [6, 6.07) is 13.5. The Morgan fingerprint density at radius 2 is 1.71 bits per heavy atom. The zero-order chi connectivity index (χ0) is 28.3. The average Bonchev–Trinajstić information content (AvgIpc) is 2.86. The van der Waals surface area contributed by atoms with Crippen LogP contribution in [0.2, 0.25) is 5.02 Å². The third-order valence-corrected chi connectivity index (χ3v) is 7.50. The predicted molar refractivity (Wildman–Crippen MR) is 153 cm³/mol. The molecule has 2 aromatic carbocycles. The Labute approximate surface area is 232 Å². The standard InChI is InChI=1S/C28H40ClN3O5S/c1-6-24(28(34)30-19-21(3)4)31(20-22-13-8-9-14-23(22)29)27(33)17-12-18-32(38(5,35)36)25-15-10-11-16-26(25)37-7-2/h8-11,13-16,21,24H,6-7,12,17-20H2,1-5H3,(H,30,34). The largest absolute Gasteiger partial charge is 0.492 e. The molecule has 1 unspecified atom stereocenters. The number of nitrogens with one attached hydrogen (secondary N) is 1. The first-order chi connectivity index (χ1) is 18.0. The van der Waals surface area contributed by atoms with Crippen LogP contribution in [-0.2, 0) is 26.2 Å². The molecule has 0 heterocycles. The van der Waals surface area contributed by atoms with Gasteiger partial charge in [-0.25, -0.2) is 8.42 Å². The van der Waals surface area contributed by atoms with Crippen LogP contribution < -0.4 is 14.4 Å². The first-order valence-corrected chi connectivity index (χ1v) is 15.2. The summed E-state index contributed by atoms with van der Waals surface area (Å²) in [5.74, 6) is 0.263. The number of carbonyl (C=O) groups excluding carboxylic acids is 2. The van der Waals surface area contributed by atoms with E-state index in [1.54, 1.807) is 35.2 Å². The molecule has 10 heteroatoms. The molecule has 0 fully saturated rings. The van der Waals surface area contributed by atoms with Crippen molar-refractivity contribution < 1.29 is 22.7 Å². The maximum Gasteiger partial charge on any atom is 0.242 e. The van der Waals surface area contributed by atoms with Gasteiger partial charge in [-0.1, -0.05) is 62.7 Å². The fraction of sp³-hybridized carbons (Fsp3) is 0.500. The molecule has 2 aromatic rings. The molecular formula is C28H40ClN3O5S. The van der Waals surface area contributed by atoms with E-state index in [-0.39, 0.29) is 43.7 Å². The Bertz CT molecular complexity index is 1170. The molecule has 0 aliphatic heterocycles. The normalized spacial score (nSPS) is 12.2. The lowest BCUT2D eigenvalue weighted by Crippen LogP contribution is -2.49. The Hall–Kier alpha value is -2.78. The topological polar surface area (TPSA) is 96.0 Å². The van der Waals surface area contributed by atoms with E-state index >= 15 is 0 Å². The SMILES string of the molecule is CCOc1ccccc1N(CCCC(=O)N(Cc1ccccc1Cl)C(CC)C(=O)NCC(C)C)S(C)(=O)=O. The van der Waals surface area contributed by atoms with Crippen LogP contribution >= 0.6 is 11.6 Å². The van der Waals surface area contributed by atoms with Crippen molar-refractivity contribution in [3.8, 4) is 5.75 Å². The molecular weight excluding hydrogens is 526 g/mol. The summed E-state index contributed by atoms with van der Waals surface area (Å²) >= 11 is 6.38. The molecule has 0 aromatic heterocycles. The van der Waals surface area contributed by atoms with Crippen LogP contribution in [0.5, 0.6) is 5.75 Å². The van der Waals surface area contributed by atoms with Gasteiger partial charge in [0, 0.05) is 31.1 Å². The second-order valence-corrected chi connectivity index (χ2v) is 11.8. The number of amides is 2. The van der Waals surface area contributed by atoms with E-state index in [1.165, 1.54) is 4.31 Å². The molecule has 0 bridgehead atoms. The van der Waals surface area contributed by atoms with Gasteiger partial charge in [-0.05, 0) is 49.4 Å². The third kappa shape index (κ3) is 9.20. The van der Waals surface area contributed by atoms with Crippen LogP contribution in [0.25, 0.3) is 0 Å². The van der Waals surface area contributed by atoms with Crippen LogP contribution in [0, 0.1) is 5.92 Å². The monoisotopic (exact) mass is 565 g/mol. The number of carbonyl (C=O) groups is 2. The van der Waals surface area contributed by atoms with Crippen molar-refractivity contribution in [2.45, 2.75) is 59.5 Å². The van der Waals surface area contributed by atoms with E-state index in [2.05, 4.69) is 5.32 Å². The van der Waals surface area contributed by atoms with E-state index in [9.17, 15) is 18.0 Å². The highest BCUT2D eigenvalue weighted by Crippen LogP contribution is 2.30. The summed E-state index contributed by atoms with van der Waals surface area (Å²) in [4.78, 5) is 28.2. The number of hydrogen-bond donors (Lipinski definition) is 1. The molecule has 0 saturated carbocycles. The molecule has 0 spiro atoms. The molecule has 2 amide bonds. The Morgan fingerprint density at radius 1 is 1.05 bits per heavy atom. The van der Waals surface area contributed by atoms with Crippen molar-refractivity contribution in [2.75, 3.05) is 30.3 Å². The Balaban J connectivity index is 2.26. The summed E-state index contributed by atoms with van der Waals surface area (Å²) in [5, 5.41) is 3.45. The summed E-state index contributed by atoms with van der Waals surface area (Å²) in [6.07, 6.45) is 1.88. The third-order valence-electron chi connectivity index (χ3n) is 5.95. The summed E-state index contributed by atoms with van der Waals surface area (Å²) < 4.78 is 32.2. The van der Waals surface area contributed by atoms with Crippen LogP contribution in [-0.4, -0.2) is 57.1 Å². The van der Waals surface area contributed by atoms with Crippen molar-refractivity contribution >= 4 is 39.1 Å². The van der Waals surface area contributed by atoms with E-state index < -0.39 is 16.1 Å². The highest BCUT2D eigenvalue weighted by atomic mass is 35.5. The van der Waals surface area contributed by atoms with E-state index in [0.29, 0.717) is 36.0 Å². The van der Waals surface area contributed by atoms with Crippen molar-refractivity contribution in [1.82, 2.24) is 10.2 Å². The molecule has 2 rings (SSSR count). The van der Waals surface area contributed by atoms with Gasteiger partial charge in [0.25, 0.3) is 0 Å². The maximum atomic E-state index is 13.5. The second kappa shape index (κ2) is 15.0. The molecule has 210 valence electrons. The first-order valence-electron chi connectivity index (χ1n) is 13.0. The molecule has 1 N–H and O–H groups in total. The minimum Gasteiger partial charge on any atom is -0.492 e. The van der Waals surface area contributed by atoms with Crippen molar-refractivity contribution in [2.24, 2.45) is 5.92 Å². The fourth-order valence-electron chi connectivity index (χ4n) is 4.08. The highest BCUT2D eigenvalue weighted by molar-refractivity contribution is 7.92. The maximum absolute atomic E-state index is 13.5. The molecule has 8 nitrogen and oxygen atoms in total. The molecule has 0 aliphatic rings. The van der Waals surface area contributed by atoms with Gasteiger partial charge >= 0.3 is 0 Å². The number of nitrogens with zero attached hydrogens (tertiary/aromatic N) is 2. The minimum absolute atomic E-state index is 0.0568. The fourth-order valence-corrected chi connectivity index (χ4v) is 5.24. The van der Waals surface area contributed by atoms with Gasteiger partial charge in [-0.3, -0.25) is 13.9 Å². The minimum atomic E-state index is -3.63. The lowest BCUT2D eigenvalue weighted by molar-refractivity contribution is -0.141. The predicted octanol–water partition coefficient (Wildman–Crippen LogP) is 4.86. The number of benzene rings is 2. The van der Waals surface area contributed by atoms with Crippen molar-refractivity contribution in [3.05, 3.63) is 59.1 Å². The quantitative estimate of drug-likeness (QED) is 0.332. The molecule has 0 radical (unpaired) electrons. The summed E-state index contributed by atoms with van der Waals surface area (Å²) in [5.41, 5.74) is 1.16. The van der Waals surface area contributed by atoms with Crippen LogP contribution in [0.15, 0.2) is 48.5 Å². The Kier molecular flexibility index (Phi) is 12.4. The van der Waals surface area contributed by atoms with Crippen molar-refractivity contribution in [3.63, 3.8) is 0 Å². The highest BCUT2D eigenvalue weighted by Gasteiger charge is 2.29. The number of sulfonamides is 1. The van der Waals surface area contributed by atoms with E-state index in [0.717, 1.165) is 11.8 Å². The average molecular weight is 566 g/mol. The summed E-state index contributed by atoms with van der Waals surface area (Å²) in [6.45, 7) is 8.86. The number of halogens is 1. The first kappa shape index (κ1) is 31.4. The smallest absolute Gasteiger partial charge is 0.242 e. The van der Waals surface area contributed by atoms with Gasteiger partial charge in [0.1, 0.15) is 11.8 Å². The number of ether oxygens (including phenoxy) is 1. The van der Waals surface area contributed by atoms with Gasteiger partial charge < -0.3 is 15.0 Å². The number of anilines is 1. The zero-order valence-electron chi connectivity index (χ0n) is 22.9. The zero-order valence-corrected chi connectivity index (χ0v) is 24.5. The summed E-state index contributed by atoms with van der Waals surface area (Å²) in [7, 11) is -3.63. The number of rotatable bonds is 15. The molecule has 1 atom stereocenters. The van der Waals surface area contributed by atoms with E-state index in [1.807, 2.05) is 45.9 Å². The second-order valence-electron chi connectivity index (χ2n) is 9.52. The van der Waals surface area contributed by atoms with Gasteiger partial charge in [0.15, 0.2) is 0 Å². The lowest BCUT2D eigenvalue weighted by atomic mass is 10.1. The van der Waals surface area contributed by atoms with Gasteiger partial charge in [0.05, 0.1) is 18.6 Å². The Morgan fingerprint density at radius 3 is 2.32 bits per heavy atom. The lowest BCUT2D eigenvalue weighted by Gasteiger charge is -2.31. The molecule has 0 saturated heterocycles. The number of hydrogen-bond acceptors (Lipinski definition) is 5. The van der Waals surface area contributed by atoms with Gasteiger partial charge in [-0.15, -0.1) is 0 Å².